The molecule has 2 aromatic rings. The van der Waals surface area contributed by atoms with E-state index in [4.69, 9.17) is 0 Å². The lowest BCUT2D eigenvalue weighted by atomic mass is 9.93. The van der Waals surface area contributed by atoms with E-state index in [1.807, 2.05) is 39.0 Å². The van der Waals surface area contributed by atoms with Gasteiger partial charge in [-0.3, -0.25) is 0 Å². The predicted molar refractivity (Wildman–Crippen MR) is 78.0 cm³/mol. The minimum Gasteiger partial charge on any atom is -0.508 e. The van der Waals surface area contributed by atoms with Crippen molar-refractivity contribution < 1.29 is 10.2 Å². The molecule has 0 aromatic heterocycles. The van der Waals surface area contributed by atoms with E-state index in [-0.39, 0.29) is 0 Å². The smallest absolute Gasteiger partial charge is 0.122 e. The third-order valence-electron chi connectivity index (χ3n) is 3.78. The average molecular weight is 256 g/mol. The number of phenols is 2. The van der Waals surface area contributed by atoms with Gasteiger partial charge in [-0.05, 0) is 61.6 Å². The average Bonchev–Trinajstić information content (AvgIpc) is 2.36. The lowest BCUT2D eigenvalue weighted by Crippen LogP contribution is -1.97. The molecule has 0 unspecified atom stereocenters. The number of aromatic hydroxyl groups is 2. The molecule has 2 N–H and O–H groups in total. The molecule has 19 heavy (non-hydrogen) atoms. The van der Waals surface area contributed by atoms with Gasteiger partial charge in [0.05, 0.1) is 0 Å². The van der Waals surface area contributed by atoms with E-state index >= 15 is 0 Å². The molecule has 0 heterocycles. The molecule has 0 amide bonds. The number of rotatable bonds is 2. The Morgan fingerprint density at radius 3 is 2.16 bits per heavy atom. The van der Waals surface area contributed by atoms with Crippen LogP contribution in [0.5, 0.6) is 11.5 Å². The number of phenolic OH excluding ortho intramolecular Hbond substituents is 2. The van der Waals surface area contributed by atoms with Crippen molar-refractivity contribution in [3.8, 4) is 11.5 Å². The van der Waals surface area contributed by atoms with Crippen molar-refractivity contribution in [1.82, 2.24) is 0 Å². The highest BCUT2D eigenvalue weighted by Gasteiger charge is 2.11. The molecule has 0 aliphatic carbocycles. The summed E-state index contributed by atoms with van der Waals surface area (Å²) in [7, 11) is 0. The van der Waals surface area contributed by atoms with Crippen molar-refractivity contribution in [3.05, 3.63) is 57.6 Å². The Labute approximate surface area is 114 Å². The number of hydrogen-bond donors (Lipinski definition) is 2. The summed E-state index contributed by atoms with van der Waals surface area (Å²) >= 11 is 0. The summed E-state index contributed by atoms with van der Waals surface area (Å²) in [5.41, 5.74) is 6.17. The van der Waals surface area contributed by atoms with Crippen LogP contribution in [0.1, 0.15) is 33.4 Å². The largest absolute Gasteiger partial charge is 0.508 e. The van der Waals surface area contributed by atoms with Gasteiger partial charge in [0.25, 0.3) is 0 Å². The molecule has 0 aliphatic heterocycles. The molecule has 0 radical (unpaired) electrons. The fraction of sp³-hybridized carbons (Fsp3) is 0.294. The van der Waals surface area contributed by atoms with Gasteiger partial charge in [-0.1, -0.05) is 18.2 Å². The Hall–Kier alpha value is -1.96. The minimum atomic E-state index is 0.310. The normalized spacial score (nSPS) is 10.7. The SMILES string of the molecule is Cc1cc(Cc2c(C)c(C)cc(C)c2O)ccc1O. The van der Waals surface area contributed by atoms with Crippen LogP contribution in [0, 0.1) is 27.7 Å². The summed E-state index contributed by atoms with van der Waals surface area (Å²) in [5.74, 6) is 0.693. The van der Waals surface area contributed by atoms with E-state index in [0.29, 0.717) is 17.9 Å². The standard InChI is InChI=1S/C17H20O2/c1-10-7-12(3)17(19)15(13(10)4)9-14-5-6-16(18)11(2)8-14/h5-8,18-19H,9H2,1-4H3. The summed E-state index contributed by atoms with van der Waals surface area (Å²) in [6.07, 6.45) is 0.682. The maximum Gasteiger partial charge on any atom is 0.122 e. The Kier molecular flexibility index (Phi) is 3.52. The van der Waals surface area contributed by atoms with Crippen molar-refractivity contribution in [2.45, 2.75) is 34.1 Å². The van der Waals surface area contributed by atoms with Gasteiger partial charge in [0, 0.05) is 12.0 Å². The molecule has 0 atom stereocenters. The number of benzene rings is 2. The highest BCUT2D eigenvalue weighted by Crippen LogP contribution is 2.30. The van der Waals surface area contributed by atoms with Crippen molar-refractivity contribution in [3.63, 3.8) is 0 Å². The fourth-order valence-electron chi connectivity index (χ4n) is 2.40. The van der Waals surface area contributed by atoms with Crippen LogP contribution in [0.25, 0.3) is 0 Å². The first-order valence-corrected chi connectivity index (χ1v) is 6.47. The number of hydrogen-bond acceptors (Lipinski definition) is 2. The van der Waals surface area contributed by atoms with Gasteiger partial charge >= 0.3 is 0 Å². The van der Waals surface area contributed by atoms with Gasteiger partial charge in [-0.25, -0.2) is 0 Å². The minimum absolute atomic E-state index is 0.310. The molecule has 0 spiro atoms. The fourth-order valence-corrected chi connectivity index (χ4v) is 2.40. The van der Waals surface area contributed by atoms with Crippen LogP contribution in [0.15, 0.2) is 24.3 Å². The van der Waals surface area contributed by atoms with Crippen LogP contribution in [0.4, 0.5) is 0 Å². The van der Waals surface area contributed by atoms with Gasteiger partial charge in [-0.15, -0.1) is 0 Å². The van der Waals surface area contributed by atoms with E-state index in [0.717, 1.165) is 27.8 Å². The maximum atomic E-state index is 10.2. The van der Waals surface area contributed by atoms with Crippen LogP contribution in [0.3, 0.4) is 0 Å². The second-order valence-corrected chi connectivity index (χ2v) is 5.26. The Balaban J connectivity index is 2.46. The molecule has 2 rings (SSSR count). The molecule has 0 saturated carbocycles. The molecule has 0 bridgehead atoms. The highest BCUT2D eigenvalue weighted by atomic mass is 16.3. The molecule has 0 aliphatic rings. The van der Waals surface area contributed by atoms with E-state index in [1.165, 1.54) is 5.56 Å². The first-order chi connectivity index (χ1) is 8.90. The van der Waals surface area contributed by atoms with Gasteiger partial charge in [-0.2, -0.15) is 0 Å². The third-order valence-corrected chi connectivity index (χ3v) is 3.78. The molecule has 100 valence electrons. The topological polar surface area (TPSA) is 40.5 Å². The molecule has 2 nitrogen and oxygen atoms in total. The lowest BCUT2D eigenvalue weighted by Gasteiger charge is -2.14. The quantitative estimate of drug-likeness (QED) is 0.855. The molecular formula is C17H20O2. The van der Waals surface area contributed by atoms with E-state index in [2.05, 4.69) is 6.92 Å². The first kappa shape index (κ1) is 13.5. The molecule has 0 saturated heterocycles. The van der Waals surface area contributed by atoms with Crippen LogP contribution in [-0.2, 0) is 6.42 Å². The Bertz CT molecular complexity index is 601. The Morgan fingerprint density at radius 1 is 0.842 bits per heavy atom. The third kappa shape index (κ3) is 2.58. The van der Waals surface area contributed by atoms with Gasteiger partial charge in [0.1, 0.15) is 11.5 Å². The zero-order valence-electron chi connectivity index (χ0n) is 11.9. The monoisotopic (exact) mass is 256 g/mol. The van der Waals surface area contributed by atoms with Crippen LogP contribution >= 0.6 is 0 Å². The van der Waals surface area contributed by atoms with E-state index in [9.17, 15) is 10.2 Å². The summed E-state index contributed by atoms with van der Waals surface area (Å²) < 4.78 is 0. The lowest BCUT2D eigenvalue weighted by molar-refractivity contribution is 0.464. The molecular weight excluding hydrogens is 236 g/mol. The zero-order valence-corrected chi connectivity index (χ0v) is 11.9. The van der Waals surface area contributed by atoms with Gasteiger partial charge in [0.2, 0.25) is 0 Å². The van der Waals surface area contributed by atoms with Crippen molar-refractivity contribution in [1.29, 1.82) is 0 Å². The molecule has 2 heteroatoms. The van der Waals surface area contributed by atoms with Crippen LogP contribution < -0.4 is 0 Å². The first-order valence-electron chi connectivity index (χ1n) is 6.47. The van der Waals surface area contributed by atoms with Crippen LogP contribution in [0.2, 0.25) is 0 Å². The van der Waals surface area contributed by atoms with E-state index < -0.39 is 0 Å². The van der Waals surface area contributed by atoms with Gasteiger partial charge < -0.3 is 10.2 Å². The van der Waals surface area contributed by atoms with Crippen molar-refractivity contribution >= 4 is 0 Å². The zero-order chi connectivity index (χ0) is 14.2. The Morgan fingerprint density at radius 2 is 1.53 bits per heavy atom. The second-order valence-electron chi connectivity index (χ2n) is 5.26. The van der Waals surface area contributed by atoms with Crippen molar-refractivity contribution in [2.24, 2.45) is 0 Å². The van der Waals surface area contributed by atoms with E-state index in [1.54, 1.807) is 6.07 Å². The summed E-state index contributed by atoms with van der Waals surface area (Å²) in [6, 6.07) is 7.58. The molecule has 0 fully saturated rings. The second kappa shape index (κ2) is 4.96. The predicted octanol–water partition coefficient (Wildman–Crippen LogP) is 3.92. The summed E-state index contributed by atoms with van der Waals surface area (Å²) in [6.45, 7) is 7.91. The highest BCUT2D eigenvalue weighted by molar-refractivity contribution is 5.51. The number of aryl methyl sites for hydroxylation is 3. The maximum absolute atomic E-state index is 10.2. The summed E-state index contributed by atoms with van der Waals surface area (Å²) in [5, 5.41) is 19.8. The van der Waals surface area contributed by atoms with Gasteiger partial charge in [0.15, 0.2) is 0 Å². The molecule has 2 aromatic carbocycles. The van der Waals surface area contributed by atoms with Crippen LogP contribution in [-0.4, -0.2) is 10.2 Å². The van der Waals surface area contributed by atoms with Crippen molar-refractivity contribution in [2.75, 3.05) is 0 Å². The summed E-state index contributed by atoms with van der Waals surface area (Å²) in [4.78, 5) is 0.